The van der Waals surface area contributed by atoms with Gasteiger partial charge in [-0.05, 0) is 18.9 Å². The molecule has 0 saturated carbocycles. The van der Waals surface area contributed by atoms with Crippen LogP contribution < -0.4 is 4.90 Å². The van der Waals surface area contributed by atoms with E-state index in [2.05, 4.69) is 9.64 Å². The molecule has 0 aliphatic carbocycles. The predicted molar refractivity (Wildman–Crippen MR) is 69.7 cm³/mol. The monoisotopic (exact) mass is 289 g/mol. The van der Waals surface area contributed by atoms with Gasteiger partial charge in [0.25, 0.3) is 0 Å². The van der Waals surface area contributed by atoms with E-state index in [9.17, 15) is 18.3 Å². The second-order valence-electron chi connectivity index (χ2n) is 4.87. The van der Waals surface area contributed by atoms with Gasteiger partial charge in [-0.3, -0.25) is 0 Å². The molecule has 0 saturated heterocycles. The molecule has 1 aromatic carbocycles. The molecule has 1 unspecified atom stereocenters. The first-order chi connectivity index (χ1) is 9.47. The van der Waals surface area contributed by atoms with Gasteiger partial charge < -0.3 is 14.7 Å². The predicted octanol–water partition coefficient (Wildman–Crippen LogP) is 2.90. The molecule has 3 nitrogen and oxygen atoms in total. The molecule has 6 heteroatoms. The number of aliphatic hydroxyl groups is 1. The molecule has 1 aliphatic heterocycles. The molecule has 0 fully saturated rings. The molecule has 0 bridgehead atoms. The van der Waals surface area contributed by atoms with Gasteiger partial charge in [-0.2, -0.15) is 13.2 Å². The molecule has 1 atom stereocenters. The Morgan fingerprint density at radius 1 is 1.30 bits per heavy atom. The van der Waals surface area contributed by atoms with Crippen LogP contribution in [0.25, 0.3) is 0 Å². The number of hydrogen-bond acceptors (Lipinski definition) is 3. The van der Waals surface area contributed by atoms with Crippen molar-refractivity contribution in [3.8, 4) is 0 Å². The third kappa shape index (κ3) is 4.11. The van der Waals surface area contributed by atoms with Gasteiger partial charge in [0, 0.05) is 30.9 Å². The Hall–Kier alpha value is -1.27. The summed E-state index contributed by atoms with van der Waals surface area (Å²) in [5.41, 5.74) is 1.84. The Morgan fingerprint density at radius 3 is 2.80 bits per heavy atom. The number of hydrogen-bond donors (Lipinski definition) is 1. The number of para-hydroxylation sites is 1. The van der Waals surface area contributed by atoms with Gasteiger partial charge in [0.15, 0.2) is 0 Å². The first-order valence-corrected chi connectivity index (χ1v) is 6.64. The van der Waals surface area contributed by atoms with E-state index in [1.165, 1.54) is 0 Å². The topological polar surface area (TPSA) is 32.7 Å². The van der Waals surface area contributed by atoms with Gasteiger partial charge in [0.2, 0.25) is 0 Å². The van der Waals surface area contributed by atoms with Crippen molar-refractivity contribution < 1.29 is 23.0 Å². The molecular weight excluding hydrogens is 271 g/mol. The van der Waals surface area contributed by atoms with Crippen molar-refractivity contribution in [3.05, 3.63) is 29.8 Å². The lowest BCUT2D eigenvalue weighted by molar-refractivity contribution is -0.173. The van der Waals surface area contributed by atoms with Crippen LogP contribution in [0, 0.1) is 0 Å². The number of fused-ring (bicyclic) bond motifs is 1. The zero-order valence-corrected chi connectivity index (χ0v) is 11.1. The summed E-state index contributed by atoms with van der Waals surface area (Å²) in [7, 11) is 0. The third-order valence-electron chi connectivity index (χ3n) is 3.29. The second-order valence-corrected chi connectivity index (χ2v) is 4.87. The lowest BCUT2D eigenvalue weighted by Crippen LogP contribution is -2.32. The van der Waals surface area contributed by atoms with Gasteiger partial charge in [-0.25, -0.2) is 0 Å². The van der Waals surface area contributed by atoms with E-state index >= 15 is 0 Å². The minimum Gasteiger partial charge on any atom is -0.388 e. The van der Waals surface area contributed by atoms with Crippen LogP contribution in [0.5, 0.6) is 0 Å². The average molecular weight is 289 g/mol. The fourth-order valence-electron chi connectivity index (χ4n) is 2.39. The summed E-state index contributed by atoms with van der Waals surface area (Å²) >= 11 is 0. The molecule has 2 rings (SSSR count). The molecule has 1 heterocycles. The summed E-state index contributed by atoms with van der Waals surface area (Å²) in [5, 5.41) is 9.90. The number of ether oxygens (including phenoxy) is 1. The Bertz CT molecular complexity index is 437. The van der Waals surface area contributed by atoms with Crippen LogP contribution in [-0.2, 0) is 4.74 Å². The minimum absolute atomic E-state index is 0.0841. The van der Waals surface area contributed by atoms with Crippen molar-refractivity contribution in [1.29, 1.82) is 0 Å². The summed E-state index contributed by atoms with van der Waals surface area (Å²) in [6, 6.07) is 7.57. The van der Waals surface area contributed by atoms with Crippen LogP contribution in [0.15, 0.2) is 24.3 Å². The van der Waals surface area contributed by atoms with E-state index in [0.717, 1.165) is 11.3 Å². The van der Waals surface area contributed by atoms with Gasteiger partial charge in [-0.15, -0.1) is 0 Å². The van der Waals surface area contributed by atoms with Gasteiger partial charge >= 0.3 is 6.18 Å². The van der Waals surface area contributed by atoms with Crippen molar-refractivity contribution in [2.24, 2.45) is 0 Å². The van der Waals surface area contributed by atoms with Crippen LogP contribution in [0.2, 0.25) is 0 Å². The maximum atomic E-state index is 11.9. The first-order valence-electron chi connectivity index (χ1n) is 6.64. The summed E-state index contributed by atoms with van der Waals surface area (Å²) in [6.07, 6.45) is -3.55. The number of anilines is 1. The normalized spacial score (nSPS) is 19.0. The molecule has 0 aromatic heterocycles. The number of nitrogens with zero attached hydrogens (tertiary/aromatic N) is 1. The molecule has 20 heavy (non-hydrogen) atoms. The van der Waals surface area contributed by atoms with Gasteiger partial charge in [0.05, 0.1) is 6.10 Å². The number of rotatable bonds is 5. The lowest BCUT2D eigenvalue weighted by Gasteiger charge is -2.33. The third-order valence-corrected chi connectivity index (χ3v) is 3.29. The van der Waals surface area contributed by atoms with Gasteiger partial charge in [0.1, 0.15) is 6.61 Å². The van der Waals surface area contributed by atoms with E-state index < -0.39 is 18.9 Å². The van der Waals surface area contributed by atoms with Crippen molar-refractivity contribution in [2.75, 3.05) is 31.2 Å². The highest BCUT2D eigenvalue weighted by atomic mass is 19.4. The zero-order chi connectivity index (χ0) is 14.6. The van der Waals surface area contributed by atoms with Crippen LogP contribution in [0.4, 0.5) is 18.9 Å². The number of benzene rings is 1. The van der Waals surface area contributed by atoms with E-state index in [4.69, 9.17) is 0 Å². The minimum atomic E-state index is -4.26. The fraction of sp³-hybridized carbons (Fsp3) is 0.571. The van der Waals surface area contributed by atoms with Crippen LogP contribution in [0.3, 0.4) is 0 Å². The van der Waals surface area contributed by atoms with Crippen LogP contribution >= 0.6 is 0 Å². The number of aliphatic hydroxyl groups excluding tert-OH is 1. The largest absolute Gasteiger partial charge is 0.411 e. The number of alkyl halides is 3. The highest BCUT2D eigenvalue weighted by molar-refractivity contribution is 5.56. The maximum absolute atomic E-state index is 11.9. The number of halogens is 3. The second kappa shape index (κ2) is 6.45. The first kappa shape index (κ1) is 15.1. The van der Waals surface area contributed by atoms with Gasteiger partial charge in [-0.1, -0.05) is 18.2 Å². The zero-order valence-electron chi connectivity index (χ0n) is 11.1. The van der Waals surface area contributed by atoms with E-state index in [-0.39, 0.29) is 6.61 Å². The van der Waals surface area contributed by atoms with Crippen molar-refractivity contribution >= 4 is 5.69 Å². The molecular formula is C14H18F3NO2. The SMILES string of the molecule is OC1CCN(CCCOCC(F)(F)F)c2ccccc21. The summed E-state index contributed by atoms with van der Waals surface area (Å²) in [6.45, 7) is 0.224. The molecule has 1 aromatic rings. The standard InChI is InChI=1S/C14H18F3NO2/c15-14(16,17)10-20-9-3-7-18-8-6-13(19)11-4-1-2-5-12(11)18/h1-2,4-5,13,19H,3,6-10H2. The van der Waals surface area contributed by atoms with E-state index in [0.29, 0.717) is 25.9 Å². The molecule has 0 radical (unpaired) electrons. The molecule has 1 aliphatic rings. The molecule has 112 valence electrons. The van der Waals surface area contributed by atoms with E-state index in [1.54, 1.807) is 0 Å². The Kier molecular flexibility index (Phi) is 4.88. The average Bonchev–Trinajstić information content (AvgIpc) is 2.40. The van der Waals surface area contributed by atoms with Crippen molar-refractivity contribution in [3.63, 3.8) is 0 Å². The fourth-order valence-corrected chi connectivity index (χ4v) is 2.39. The lowest BCUT2D eigenvalue weighted by atomic mass is 9.99. The smallest absolute Gasteiger partial charge is 0.388 e. The van der Waals surface area contributed by atoms with Crippen LogP contribution in [0.1, 0.15) is 24.5 Å². The Balaban J connectivity index is 1.81. The van der Waals surface area contributed by atoms with E-state index in [1.807, 2.05) is 24.3 Å². The molecule has 0 amide bonds. The summed E-state index contributed by atoms with van der Waals surface area (Å²) in [4.78, 5) is 2.08. The quantitative estimate of drug-likeness (QED) is 0.846. The molecule has 1 N–H and O–H groups in total. The highest BCUT2D eigenvalue weighted by Crippen LogP contribution is 2.33. The van der Waals surface area contributed by atoms with Crippen molar-refractivity contribution in [2.45, 2.75) is 25.1 Å². The summed E-state index contributed by atoms with van der Waals surface area (Å²) < 4.78 is 40.3. The molecule has 0 spiro atoms. The summed E-state index contributed by atoms with van der Waals surface area (Å²) in [5.74, 6) is 0. The van der Waals surface area contributed by atoms with Crippen LogP contribution in [-0.4, -0.2) is 37.6 Å². The maximum Gasteiger partial charge on any atom is 0.411 e. The van der Waals surface area contributed by atoms with Crippen molar-refractivity contribution in [1.82, 2.24) is 0 Å². The Labute approximate surface area is 116 Å². The Morgan fingerprint density at radius 2 is 2.05 bits per heavy atom. The highest BCUT2D eigenvalue weighted by Gasteiger charge is 2.27.